The second kappa shape index (κ2) is 6.02. The van der Waals surface area contributed by atoms with Gasteiger partial charge in [-0.3, -0.25) is 4.79 Å². The van der Waals surface area contributed by atoms with Crippen molar-refractivity contribution in [2.45, 2.75) is 53.2 Å². The number of ether oxygens (including phenoxy) is 1. The van der Waals surface area contributed by atoms with Crippen LogP contribution in [0, 0.1) is 5.41 Å². The topological polar surface area (TPSA) is 68.5 Å². The minimum absolute atomic E-state index is 0.0184. The number of nitrogens with zero attached hydrogens (tertiary/aromatic N) is 1. The third-order valence-electron chi connectivity index (χ3n) is 3.09. The lowest BCUT2D eigenvalue weighted by atomic mass is 9.87. The number of carbonyl (C=O) groups excluding carboxylic acids is 1. The molecule has 118 valence electrons. The quantitative estimate of drug-likeness (QED) is 0.869. The number of carbonyl (C=O) groups is 1. The van der Waals surface area contributed by atoms with Crippen LogP contribution >= 0.6 is 0 Å². The van der Waals surface area contributed by atoms with Crippen LogP contribution in [-0.2, 0) is 4.74 Å². The van der Waals surface area contributed by atoms with Gasteiger partial charge in [0.05, 0.1) is 12.6 Å². The molecule has 0 amide bonds. The first-order valence-corrected chi connectivity index (χ1v) is 7.01. The Morgan fingerprint density at radius 3 is 2.29 bits per heavy atom. The summed E-state index contributed by atoms with van der Waals surface area (Å²) in [5.41, 5.74) is -1.28. The Morgan fingerprint density at radius 2 is 1.86 bits per heavy atom. The summed E-state index contributed by atoms with van der Waals surface area (Å²) in [6, 6.07) is 1.09. The smallest absolute Gasteiger partial charge is 0.344 e. The molecule has 0 radical (unpaired) electrons. The summed E-state index contributed by atoms with van der Waals surface area (Å²) in [7, 11) is 0. The molecule has 0 bridgehead atoms. The molecule has 1 N–H and O–H groups in total. The highest BCUT2D eigenvalue weighted by Gasteiger charge is 2.27. The van der Waals surface area contributed by atoms with Crippen LogP contribution in [0.4, 0.5) is 0 Å². The van der Waals surface area contributed by atoms with E-state index in [-0.39, 0.29) is 29.1 Å². The van der Waals surface area contributed by atoms with E-state index in [4.69, 9.17) is 4.74 Å². The van der Waals surface area contributed by atoms with Crippen LogP contribution in [0.3, 0.4) is 0 Å². The SMILES string of the molecule is CC(C)(C)OC(=O)c1cn([C@@H](CO)C(C)(C)C)ccc1=O. The van der Waals surface area contributed by atoms with E-state index in [0.29, 0.717) is 0 Å². The zero-order chi connectivity index (χ0) is 16.4. The van der Waals surface area contributed by atoms with E-state index < -0.39 is 11.6 Å². The van der Waals surface area contributed by atoms with Gasteiger partial charge in [0.25, 0.3) is 0 Å². The summed E-state index contributed by atoms with van der Waals surface area (Å²) < 4.78 is 6.94. The predicted molar refractivity (Wildman–Crippen MR) is 81.4 cm³/mol. The van der Waals surface area contributed by atoms with Crippen molar-refractivity contribution >= 4 is 5.97 Å². The lowest BCUT2D eigenvalue weighted by molar-refractivity contribution is 0.00659. The Kier molecular flexibility index (Phi) is 4.99. The Hall–Kier alpha value is -1.62. The van der Waals surface area contributed by atoms with E-state index in [1.54, 1.807) is 31.5 Å². The Labute approximate surface area is 125 Å². The van der Waals surface area contributed by atoms with Crippen LogP contribution in [0.5, 0.6) is 0 Å². The van der Waals surface area contributed by atoms with Crippen LogP contribution in [0.25, 0.3) is 0 Å². The van der Waals surface area contributed by atoms with E-state index in [9.17, 15) is 14.7 Å². The van der Waals surface area contributed by atoms with Crippen LogP contribution < -0.4 is 5.43 Å². The minimum atomic E-state index is -0.662. The summed E-state index contributed by atoms with van der Waals surface area (Å²) in [6.45, 7) is 11.1. The zero-order valence-corrected chi connectivity index (χ0v) is 13.6. The van der Waals surface area contributed by atoms with Crippen LogP contribution in [0.15, 0.2) is 23.3 Å². The summed E-state index contributed by atoms with van der Waals surface area (Å²) in [5.74, 6) is -0.646. The number of pyridine rings is 1. The van der Waals surface area contributed by atoms with E-state index in [2.05, 4.69) is 0 Å². The summed E-state index contributed by atoms with van der Waals surface area (Å²) in [5, 5.41) is 9.59. The van der Waals surface area contributed by atoms with Crippen molar-refractivity contribution in [3.05, 3.63) is 34.2 Å². The number of rotatable bonds is 3. The Bertz CT molecular complexity index is 561. The van der Waals surface area contributed by atoms with Crippen LogP contribution in [0.1, 0.15) is 57.9 Å². The van der Waals surface area contributed by atoms with Crippen LogP contribution in [0.2, 0.25) is 0 Å². The first-order chi connectivity index (χ1) is 9.45. The Morgan fingerprint density at radius 1 is 1.29 bits per heavy atom. The second-order valence-corrected chi connectivity index (χ2v) is 7.24. The number of aromatic nitrogens is 1. The molecule has 0 aliphatic carbocycles. The first kappa shape index (κ1) is 17.4. The third-order valence-corrected chi connectivity index (χ3v) is 3.09. The highest BCUT2D eigenvalue weighted by molar-refractivity contribution is 5.89. The molecule has 0 unspecified atom stereocenters. The van der Waals surface area contributed by atoms with E-state index in [1.165, 1.54) is 12.3 Å². The first-order valence-electron chi connectivity index (χ1n) is 7.01. The number of aliphatic hydroxyl groups is 1. The van der Waals surface area contributed by atoms with Crippen LogP contribution in [-0.4, -0.2) is 27.9 Å². The largest absolute Gasteiger partial charge is 0.456 e. The van der Waals surface area contributed by atoms with Gasteiger partial charge < -0.3 is 14.4 Å². The molecule has 1 aromatic heterocycles. The predicted octanol–water partition coefficient (Wildman–Crippen LogP) is 2.38. The van der Waals surface area contributed by atoms with Gasteiger partial charge in [-0.15, -0.1) is 0 Å². The molecular formula is C16H25NO4. The third kappa shape index (κ3) is 4.70. The fourth-order valence-corrected chi connectivity index (χ4v) is 1.99. The molecule has 1 heterocycles. The summed E-state index contributed by atoms with van der Waals surface area (Å²) in [6.07, 6.45) is 3.05. The molecule has 5 heteroatoms. The van der Waals surface area contributed by atoms with Crippen molar-refractivity contribution in [3.8, 4) is 0 Å². The molecule has 5 nitrogen and oxygen atoms in total. The Balaban J connectivity index is 3.22. The molecule has 0 aliphatic heterocycles. The molecule has 0 aromatic carbocycles. The van der Waals surface area contributed by atoms with Gasteiger partial charge >= 0.3 is 5.97 Å². The summed E-state index contributed by atoms with van der Waals surface area (Å²) >= 11 is 0. The van der Waals surface area contributed by atoms with Crippen molar-refractivity contribution in [2.75, 3.05) is 6.61 Å². The molecule has 0 saturated heterocycles. The van der Waals surface area contributed by atoms with Gasteiger partial charge in [0.15, 0.2) is 5.43 Å². The molecule has 0 fully saturated rings. The maximum Gasteiger partial charge on any atom is 0.344 e. The molecule has 1 atom stereocenters. The van der Waals surface area contributed by atoms with Gasteiger partial charge in [-0.25, -0.2) is 4.79 Å². The van der Waals surface area contributed by atoms with Crippen molar-refractivity contribution in [1.82, 2.24) is 4.57 Å². The average Bonchev–Trinajstić information content (AvgIpc) is 2.27. The van der Waals surface area contributed by atoms with Gasteiger partial charge in [0, 0.05) is 18.5 Å². The molecule has 21 heavy (non-hydrogen) atoms. The highest BCUT2D eigenvalue weighted by atomic mass is 16.6. The zero-order valence-electron chi connectivity index (χ0n) is 13.6. The van der Waals surface area contributed by atoms with Gasteiger partial charge in [-0.05, 0) is 26.2 Å². The lowest BCUT2D eigenvalue weighted by Crippen LogP contribution is -2.31. The molecule has 1 rings (SSSR count). The maximum absolute atomic E-state index is 12.1. The molecule has 0 aliphatic rings. The van der Waals surface area contributed by atoms with Crippen molar-refractivity contribution in [1.29, 1.82) is 0 Å². The fraction of sp³-hybridized carbons (Fsp3) is 0.625. The average molecular weight is 295 g/mol. The number of hydrogen-bond donors (Lipinski definition) is 1. The van der Waals surface area contributed by atoms with Crippen molar-refractivity contribution in [2.24, 2.45) is 5.41 Å². The van der Waals surface area contributed by atoms with E-state index in [1.807, 2.05) is 20.8 Å². The molecular weight excluding hydrogens is 270 g/mol. The number of esters is 1. The highest BCUT2D eigenvalue weighted by Crippen LogP contribution is 2.29. The monoisotopic (exact) mass is 295 g/mol. The molecule has 0 spiro atoms. The second-order valence-electron chi connectivity index (χ2n) is 7.24. The number of aliphatic hydroxyl groups excluding tert-OH is 1. The van der Waals surface area contributed by atoms with Gasteiger partial charge in [0.2, 0.25) is 0 Å². The van der Waals surface area contributed by atoms with E-state index >= 15 is 0 Å². The molecule has 1 aromatic rings. The van der Waals surface area contributed by atoms with Crippen molar-refractivity contribution < 1.29 is 14.6 Å². The van der Waals surface area contributed by atoms with Gasteiger partial charge in [0.1, 0.15) is 11.2 Å². The van der Waals surface area contributed by atoms with Crippen molar-refractivity contribution in [3.63, 3.8) is 0 Å². The standard InChI is InChI=1S/C16H25NO4/c1-15(2,3)13(10-18)17-8-7-12(19)11(9-17)14(20)21-16(4,5)6/h7-9,13,18H,10H2,1-6H3/t13-/m0/s1. The fourth-order valence-electron chi connectivity index (χ4n) is 1.99. The minimum Gasteiger partial charge on any atom is -0.456 e. The number of hydrogen-bond acceptors (Lipinski definition) is 4. The normalized spacial score (nSPS) is 13.9. The lowest BCUT2D eigenvalue weighted by Gasteiger charge is -2.31. The van der Waals surface area contributed by atoms with Gasteiger partial charge in [-0.2, -0.15) is 0 Å². The molecule has 0 saturated carbocycles. The van der Waals surface area contributed by atoms with Gasteiger partial charge in [-0.1, -0.05) is 20.8 Å². The van der Waals surface area contributed by atoms with E-state index in [0.717, 1.165) is 0 Å². The maximum atomic E-state index is 12.1. The summed E-state index contributed by atoms with van der Waals surface area (Å²) in [4.78, 5) is 24.0.